The molecular weight excluding hydrogens is 124 g/mol. The Bertz CT molecular complexity index is 93.4. The maximum Gasteiger partial charge on any atom is 0.0139 e. The number of nitrogens with two attached hydrogens (primary N) is 1. The van der Waals surface area contributed by atoms with Crippen molar-refractivity contribution in [2.75, 3.05) is 20.1 Å². The Morgan fingerprint density at radius 1 is 1.60 bits per heavy atom. The van der Waals surface area contributed by atoms with Gasteiger partial charge in [0.25, 0.3) is 0 Å². The third-order valence-electron chi connectivity index (χ3n) is 1.87. The lowest BCUT2D eigenvalue weighted by atomic mass is 10.3. The van der Waals surface area contributed by atoms with Crippen molar-refractivity contribution in [1.82, 2.24) is 4.90 Å². The van der Waals surface area contributed by atoms with E-state index in [-0.39, 0.29) is 0 Å². The maximum absolute atomic E-state index is 5.65. The first-order valence-corrected chi connectivity index (χ1v) is 4.12. The summed E-state index contributed by atoms with van der Waals surface area (Å²) in [4.78, 5) is 2.34. The first-order valence-electron chi connectivity index (χ1n) is 4.12. The predicted octanol–water partition coefficient (Wildman–Crippen LogP) is 0.675. The van der Waals surface area contributed by atoms with Crippen LogP contribution in [0.5, 0.6) is 0 Å². The molecule has 1 atom stereocenters. The molecule has 0 radical (unpaired) electrons. The van der Waals surface area contributed by atoms with Crippen molar-refractivity contribution < 1.29 is 0 Å². The molecule has 2 nitrogen and oxygen atoms in total. The van der Waals surface area contributed by atoms with Crippen LogP contribution in [-0.4, -0.2) is 31.1 Å². The normalized spacial score (nSPS) is 21.6. The Labute approximate surface area is 63.4 Å². The zero-order valence-corrected chi connectivity index (χ0v) is 7.01. The highest BCUT2D eigenvalue weighted by molar-refractivity contribution is 4.76. The topological polar surface area (TPSA) is 29.3 Å². The third-order valence-corrected chi connectivity index (χ3v) is 1.87. The lowest BCUT2D eigenvalue weighted by Gasteiger charge is -2.17. The molecule has 1 fully saturated rings. The summed E-state index contributed by atoms with van der Waals surface area (Å²) >= 11 is 0. The monoisotopic (exact) mass is 142 g/mol. The van der Waals surface area contributed by atoms with Crippen molar-refractivity contribution in [1.29, 1.82) is 0 Å². The van der Waals surface area contributed by atoms with Gasteiger partial charge in [-0.3, -0.25) is 0 Å². The van der Waals surface area contributed by atoms with Gasteiger partial charge in [-0.1, -0.05) is 0 Å². The summed E-state index contributed by atoms with van der Waals surface area (Å²) in [5.41, 5.74) is 5.65. The maximum atomic E-state index is 5.65. The number of rotatable bonds is 4. The first kappa shape index (κ1) is 8.02. The Kier molecular flexibility index (Phi) is 2.69. The summed E-state index contributed by atoms with van der Waals surface area (Å²) in [7, 11) is 2.15. The highest BCUT2D eigenvalue weighted by Gasteiger charge is 2.22. The van der Waals surface area contributed by atoms with Gasteiger partial charge < -0.3 is 10.6 Å². The summed E-state index contributed by atoms with van der Waals surface area (Å²) in [6.07, 6.45) is 2.87. The van der Waals surface area contributed by atoms with Crippen LogP contribution in [0.4, 0.5) is 0 Å². The van der Waals surface area contributed by atoms with Crippen molar-refractivity contribution in [3.8, 4) is 0 Å². The van der Waals surface area contributed by atoms with E-state index in [0.29, 0.717) is 6.04 Å². The third kappa shape index (κ3) is 3.18. The highest BCUT2D eigenvalue weighted by Crippen LogP contribution is 2.29. The van der Waals surface area contributed by atoms with Gasteiger partial charge in [0, 0.05) is 19.1 Å². The van der Waals surface area contributed by atoms with Crippen molar-refractivity contribution in [2.45, 2.75) is 25.8 Å². The van der Waals surface area contributed by atoms with Crippen LogP contribution in [0, 0.1) is 5.92 Å². The zero-order valence-electron chi connectivity index (χ0n) is 7.01. The quantitative estimate of drug-likeness (QED) is 0.625. The molecule has 2 N–H and O–H groups in total. The van der Waals surface area contributed by atoms with E-state index in [9.17, 15) is 0 Å². The average Bonchev–Trinajstić information content (AvgIpc) is 2.46. The summed E-state index contributed by atoms with van der Waals surface area (Å²) in [6, 6.07) is 0.323. The molecule has 60 valence electrons. The molecule has 1 aliphatic carbocycles. The zero-order chi connectivity index (χ0) is 7.56. The van der Waals surface area contributed by atoms with Gasteiger partial charge in [-0.25, -0.2) is 0 Å². The summed E-state index contributed by atoms with van der Waals surface area (Å²) in [6.45, 7) is 4.35. The minimum Gasteiger partial charge on any atom is -0.327 e. The van der Waals surface area contributed by atoms with Crippen LogP contribution in [0.2, 0.25) is 0 Å². The van der Waals surface area contributed by atoms with E-state index in [0.717, 1.165) is 12.5 Å². The van der Waals surface area contributed by atoms with Gasteiger partial charge in [-0.05, 0) is 32.7 Å². The summed E-state index contributed by atoms with van der Waals surface area (Å²) < 4.78 is 0. The molecule has 0 saturated heterocycles. The van der Waals surface area contributed by atoms with Gasteiger partial charge >= 0.3 is 0 Å². The summed E-state index contributed by atoms with van der Waals surface area (Å²) in [5.74, 6) is 0.990. The van der Waals surface area contributed by atoms with Gasteiger partial charge in [0.2, 0.25) is 0 Å². The van der Waals surface area contributed by atoms with Crippen LogP contribution in [0.1, 0.15) is 19.8 Å². The van der Waals surface area contributed by atoms with E-state index in [4.69, 9.17) is 5.73 Å². The SMILES string of the molecule is C[C@H](N)CN(C)CC1CC1. The van der Waals surface area contributed by atoms with Crippen molar-refractivity contribution in [3.63, 3.8) is 0 Å². The summed E-state index contributed by atoms with van der Waals surface area (Å²) in [5, 5.41) is 0. The van der Waals surface area contributed by atoms with Gasteiger partial charge in [0.1, 0.15) is 0 Å². The molecule has 0 amide bonds. The molecular formula is C8H18N2. The molecule has 2 heteroatoms. The molecule has 0 unspecified atom stereocenters. The molecule has 0 bridgehead atoms. The number of likely N-dealkylation sites (N-methyl/N-ethyl adjacent to an activating group) is 1. The molecule has 0 heterocycles. The van der Waals surface area contributed by atoms with Crippen LogP contribution < -0.4 is 5.73 Å². The molecule has 0 spiro atoms. The molecule has 0 aromatic rings. The Morgan fingerprint density at radius 3 is 2.60 bits per heavy atom. The second kappa shape index (κ2) is 3.35. The molecule has 0 aliphatic heterocycles. The fraction of sp³-hybridized carbons (Fsp3) is 1.00. The van der Waals surface area contributed by atoms with E-state index in [1.54, 1.807) is 0 Å². The highest BCUT2D eigenvalue weighted by atomic mass is 15.1. The lowest BCUT2D eigenvalue weighted by molar-refractivity contribution is 0.305. The first-order chi connectivity index (χ1) is 4.68. The van der Waals surface area contributed by atoms with Gasteiger partial charge in [-0.15, -0.1) is 0 Å². The molecule has 1 aliphatic rings. The molecule has 1 rings (SSSR count). The van der Waals surface area contributed by atoms with E-state index < -0.39 is 0 Å². The minimum atomic E-state index is 0.323. The minimum absolute atomic E-state index is 0.323. The smallest absolute Gasteiger partial charge is 0.0139 e. The molecule has 0 aromatic heterocycles. The van der Waals surface area contributed by atoms with Crippen LogP contribution >= 0.6 is 0 Å². The van der Waals surface area contributed by atoms with E-state index in [2.05, 4.69) is 18.9 Å². The Hall–Kier alpha value is -0.0800. The van der Waals surface area contributed by atoms with Crippen molar-refractivity contribution in [2.24, 2.45) is 11.7 Å². The van der Waals surface area contributed by atoms with E-state index in [1.807, 2.05) is 0 Å². The fourth-order valence-electron chi connectivity index (χ4n) is 1.31. The predicted molar refractivity (Wildman–Crippen MR) is 43.9 cm³/mol. The van der Waals surface area contributed by atoms with Crippen LogP contribution in [0.3, 0.4) is 0 Å². The molecule has 10 heavy (non-hydrogen) atoms. The van der Waals surface area contributed by atoms with E-state index >= 15 is 0 Å². The second-order valence-corrected chi connectivity index (χ2v) is 3.64. The fourth-order valence-corrected chi connectivity index (χ4v) is 1.31. The Morgan fingerprint density at radius 2 is 2.20 bits per heavy atom. The Balaban J connectivity index is 2.02. The van der Waals surface area contributed by atoms with Gasteiger partial charge in [-0.2, -0.15) is 0 Å². The molecule has 0 aromatic carbocycles. The number of hydrogen-bond acceptors (Lipinski definition) is 2. The van der Waals surface area contributed by atoms with Gasteiger partial charge in [0.05, 0.1) is 0 Å². The number of nitrogens with zero attached hydrogens (tertiary/aromatic N) is 1. The standard InChI is InChI=1S/C8H18N2/c1-7(9)5-10(2)6-8-3-4-8/h7-8H,3-6,9H2,1-2H3/t7-/m0/s1. The van der Waals surface area contributed by atoms with Crippen LogP contribution in [0.15, 0.2) is 0 Å². The molecule has 1 saturated carbocycles. The van der Waals surface area contributed by atoms with Crippen LogP contribution in [-0.2, 0) is 0 Å². The van der Waals surface area contributed by atoms with E-state index in [1.165, 1.54) is 19.4 Å². The van der Waals surface area contributed by atoms with Crippen molar-refractivity contribution >= 4 is 0 Å². The van der Waals surface area contributed by atoms with Crippen LogP contribution in [0.25, 0.3) is 0 Å². The second-order valence-electron chi connectivity index (χ2n) is 3.64. The van der Waals surface area contributed by atoms with Gasteiger partial charge in [0.15, 0.2) is 0 Å². The largest absolute Gasteiger partial charge is 0.327 e. The number of hydrogen-bond donors (Lipinski definition) is 1. The lowest BCUT2D eigenvalue weighted by Crippen LogP contribution is -2.33. The van der Waals surface area contributed by atoms with Crippen molar-refractivity contribution in [3.05, 3.63) is 0 Å². The average molecular weight is 142 g/mol.